The van der Waals surface area contributed by atoms with Gasteiger partial charge in [-0.25, -0.2) is 0 Å². The van der Waals surface area contributed by atoms with Crippen molar-refractivity contribution in [3.63, 3.8) is 0 Å². The third kappa shape index (κ3) is 4.52. The molecule has 0 N–H and O–H groups in total. The van der Waals surface area contributed by atoms with E-state index in [4.69, 9.17) is 0 Å². The summed E-state index contributed by atoms with van der Waals surface area (Å²) in [5.41, 5.74) is 0.151. The molecule has 29 heavy (non-hydrogen) atoms. The van der Waals surface area contributed by atoms with E-state index in [1.807, 2.05) is 18.2 Å². The molecule has 2 aromatic rings. The Morgan fingerprint density at radius 1 is 1.10 bits per heavy atom. The number of carbonyl (C=O) groups excluding carboxylic acids is 1. The zero-order valence-corrected chi connectivity index (χ0v) is 16.0. The number of nitrogens with zero attached hydrogens (tertiary/aromatic N) is 2. The maximum absolute atomic E-state index is 13.2. The molecule has 0 radical (unpaired) electrons. The Morgan fingerprint density at radius 2 is 1.97 bits per heavy atom. The first kappa shape index (κ1) is 19.7. The third-order valence-corrected chi connectivity index (χ3v) is 5.96. The van der Waals surface area contributed by atoms with Gasteiger partial charge in [0.2, 0.25) is 0 Å². The number of carbonyl (C=O) groups is 1. The number of fused-ring (bicyclic) bond motifs is 2. The van der Waals surface area contributed by atoms with E-state index in [0.29, 0.717) is 37.3 Å². The van der Waals surface area contributed by atoms with E-state index in [9.17, 15) is 18.0 Å². The highest BCUT2D eigenvalue weighted by Crippen LogP contribution is 2.43. The van der Waals surface area contributed by atoms with Crippen molar-refractivity contribution < 1.29 is 18.0 Å². The summed E-state index contributed by atoms with van der Waals surface area (Å²) in [5.74, 6) is 1.06. The number of hydrogen-bond donors (Lipinski definition) is 0. The van der Waals surface area contributed by atoms with Crippen LogP contribution in [0.2, 0.25) is 0 Å². The van der Waals surface area contributed by atoms with E-state index in [1.54, 1.807) is 11.1 Å². The molecule has 1 aromatic carbocycles. The fourth-order valence-electron chi connectivity index (χ4n) is 4.47. The maximum Gasteiger partial charge on any atom is 0.416 e. The summed E-state index contributed by atoms with van der Waals surface area (Å²) >= 11 is 0. The van der Waals surface area contributed by atoms with Gasteiger partial charge >= 0.3 is 6.18 Å². The van der Waals surface area contributed by atoms with Gasteiger partial charge in [0.15, 0.2) is 0 Å². The monoisotopic (exact) mass is 400 g/mol. The van der Waals surface area contributed by atoms with Crippen LogP contribution in [0.3, 0.4) is 0 Å². The van der Waals surface area contributed by atoms with Crippen molar-refractivity contribution in [1.82, 2.24) is 9.88 Å². The van der Waals surface area contributed by atoms with Crippen molar-refractivity contribution in [3.05, 3.63) is 77.6 Å². The molecule has 0 spiro atoms. The number of benzene rings is 1. The van der Waals surface area contributed by atoms with Gasteiger partial charge in [0.1, 0.15) is 0 Å². The number of halogens is 3. The molecular weight excluding hydrogens is 377 g/mol. The molecule has 2 aliphatic rings. The van der Waals surface area contributed by atoms with E-state index in [-0.39, 0.29) is 11.5 Å². The number of amides is 1. The molecule has 3 atom stereocenters. The summed E-state index contributed by atoms with van der Waals surface area (Å²) < 4.78 is 39.3. The van der Waals surface area contributed by atoms with Crippen molar-refractivity contribution in [1.29, 1.82) is 0 Å². The normalized spacial score (nSPS) is 22.8. The van der Waals surface area contributed by atoms with Gasteiger partial charge < -0.3 is 4.90 Å². The van der Waals surface area contributed by atoms with Crippen molar-refractivity contribution in [2.45, 2.75) is 25.4 Å². The van der Waals surface area contributed by atoms with Crippen molar-refractivity contribution >= 4 is 5.91 Å². The highest BCUT2D eigenvalue weighted by Gasteiger charge is 2.37. The van der Waals surface area contributed by atoms with Crippen LogP contribution in [-0.4, -0.2) is 28.9 Å². The average molecular weight is 400 g/mol. The number of rotatable bonds is 6. The zero-order chi connectivity index (χ0) is 20.4. The second-order valence-electron chi connectivity index (χ2n) is 7.94. The lowest BCUT2D eigenvalue weighted by molar-refractivity contribution is -0.137. The van der Waals surface area contributed by atoms with Crippen LogP contribution in [0.5, 0.6) is 0 Å². The minimum atomic E-state index is -4.47. The van der Waals surface area contributed by atoms with Crippen LogP contribution in [0.15, 0.2) is 60.8 Å². The second kappa shape index (κ2) is 8.01. The minimum absolute atomic E-state index is 0.0829. The van der Waals surface area contributed by atoms with Gasteiger partial charge in [-0.1, -0.05) is 24.3 Å². The molecule has 3 unspecified atom stereocenters. The van der Waals surface area contributed by atoms with Gasteiger partial charge in [0.25, 0.3) is 5.91 Å². The molecule has 1 amide bonds. The lowest BCUT2D eigenvalue weighted by atomic mass is 9.92. The second-order valence-corrected chi connectivity index (χ2v) is 7.94. The summed E-state index contributed by atoms with van der Waals surface area (Å²) in [5, 5.41) is 0. The largest absolute Gasteiger partial charge is 0.416 e. The minimum Gasteiger partial charge on any atom is -0.338 e. The van der Waals surface area contributed by atoms with Gasteiger partial charge in [0.05, 0.1) is 5.56 Å². The highest BCUT2D eigenvalue weighted by atomic mass is 19.4. The van der Waals surface area contributed by atoms with E-state index < -0.39 is 11.7 Å². The number of alkyl halides is 3. The molecule has 4 rings (SSSR count). The van der Waals surface area contributed by atoms with Crippen LogP contribution in [0.25, 0.3) is 0 Å². The van der Waals surface area contributed by atoms with E-state index in [0.717, 1.165) is 30.7 Å². The summed E-state index contributed by atoms with van der Waals surface area (Å²) in [7, 11) is 0. The van der Waals surface area contributed by atoms with Crippen LogP contribution in [-0.2, 0) is 12.6 Å². The molecule has 2 aliphatic carbocycles. The van der Waals surface area contributed by atoms with Crippen LogP contribution in [0, 0.1) is 17.8 Å². The van der Waals surface area contributed by atoms with Gasteiger partial charge in [-0.3, -0.25) is 9.78 Å². The maximum atomic E-state index is 13.2. The van der Waals surface area contributed by atoms with E-state index in [2.05, 4.69) is 17.1 Å². The quantitative estimate of drug-likeness (QED) is 0.640. The zero-order valence-electron chi connectivity index (χ0n) is 16.0. The Bertz CT molecular complexity index is 894. The van der Waals surface area contributed by atoms with Gasteiger partial charge in [0, 0.05) is 37.0 Å². The first-order valence-electron chi connectivity index (χ1n) is 9.95. The average Bonchev–Trinajstić information content (AvgIpc) is 3.34. The van der Waals surface area contributed by atoms with Gasteiger partial charge in [-0.05, 0) is 60.9 Å². The summed E-state index contributed by atoms with van der Waals surface area (Å²) in [6.45, 7) is 0.997. The molecule has 1 aromatic heterocycles. The Morgan fingerprint density at radius 3 is 2.62 bits per heavy atom. The molecule has 1 heterocycles. The molecule has 0 aliphatic heterocycles. The van der Waals surface area contributed by atoms with Crippen LogP contribution in [0.1, 0.15) is 34.5 Å². The Hall–Kier alpha value is -2.63. The van der Waals surface area contributed by atoms with Crippen molar-refractivity contribution in [2.75, 3.05) is 13.1 Å². The van der Waals surface area contributed by atoms with Crippen LogP contribution in [0.4, 0.5) is 13.2 Å². The lowest BCUT2D eigenvalue weighted by Crippen LogP contribution is -2.38. The van der Waals surface area contributed by atoms with E-state index in [1.165, 1.54) is 12.1 Å². The lowest BCUT2D eigenvalue weighted by Gasteiger charge is -2.29. The summed E-state index contributed by atoms with van der Waals surface area (Å²) in [6, 6.07) is 10.3. The molecule has 0 saturated heterocycles. The predicted molar refractivity (Wildman–Crippen MR) is 104 cm³/mol. The summed E-state index contributed by atoms with van der Waals surface area (Å²) in [6.07, 6.45) is 4.44. The predicted octanol–water partition coefficient (Wildman–Crippen LogP) is 5.00. The van der Waals surface area contributed by atoms with Gasteiger partial charge in [-0.2, -0.15) is 13.2 Å². The van der Waals surface area contributed by atoms with Crippen LogP contribution < -0.4 is 0 Å². The molecule has 1 saturated carbocycles. The fraction of sp³-hybridized carbons (Fsp3) is 0.391. The Labute approximate surface area is 168 Å². The number of hydrogen-bond acceptors (Lipinski definition) is 2. The topological polar surface area (TPSA) is 33.2 Å². The molecule has 6 heteroatoms. The van der Waals surface area contributed by atoms with Gasteiger partial charge in [-0.15, -0.1) is 0 Å². The number of pyridine rings is 1. The summed E-state index contributed by atoms with van der Waals surface area (Å²) in [4.78, 5) is 19.2. The van der Waals surface area contributed by atoms with E-state index >= 15 is 0 Å². The van der Waals surface area contributed by atoms with Crippen LogP contribution >= 0.6 is 0 Å². The molecule has 1 fully saturated rings. The number of aromatic nitrogens is 1. The number of allylic oxidation sites excluding steroid dienone is 2. The fourth-order valence-corrected chi connectivity index (χ4v) is 4.47. The highest BCUT2D eigenvalue weighted by molar-refractivity contribution is 5.94. The third-order valence-electron chi connectivity index (χ3n) is 5.96. The SMILES string of the molecule is O=C(c1cccc(C(F)(F)F)c1)N(CCc1ccccn1)CC1CC2C=CC1C2. The van der Waals surface area contributed by atoms with Crippen molar-refractivity contribution in [3.8, 4) is 0 Å². The Balaban J connectivity index is 1.53. The molecule has 3 nitrogen and oxygen atoms in total. The molecule has 2 bridgehead atoms. The first-order chi connectivity index (χ1) is 13.9. The molecular formula is C23H23F3N2O. The molecule has 152 valence electrons. The first-order valence-corrected chi connectivity index (χ1v) is 9.95. The van der Waals surface area contributed by atoms with Crippen molar-refractivity contribution in [2.24, 2.45) is 17.8 Å². The Kier molecular flexibility index (Phi) is 5.43. The smallest absolute Gasteiger partial charge is 0.338 e. The standard InChI is InChI=1S/C23H23F3N2O/c24-23(25,26)20-5-3-4-18(14-20)22(29)28(11-9-21-6-1-2-10-27-21)15-19-13-16-7-8-17(19)12-16/h1-8,10,14,16-17,19H,9,11-13,15H2.